The summed E-state index contributed by atoms with van der Waals surface area (Å²) in [6.07, 6.45) is 3.38. The first-order chi connectivity index (χ1) is 6.74. The molecule has 2 rings (SSSR count). The second kappa shape index (κ2) is 3.77. The van der Waals surface area contributed by atoms with Gasteiger partial charge in [-0.25, -0.2) is 0 Å². The molecule has 0 bridgehead atoms. The molecule has 3 atom stereocenters. The first-order valence-corrected chi connectivity index (χ1v) is 5.04. The third kappa shape index (κ3) is 1.85. The van der Waals surface area contributed by atoms with E-state index in [4.69, 9.17) is 15.0 Å². The molecule has 0 aliphatic carbocycles. The quantitative estimate of drug-likeness (QED) is 0.386. The standard InChI is InChI=1S/C9H15N3O2/c1-7-4-9(6-13-7)3-2-8(14-9)5-11-12-10/h7-8H,2-6H2,1H3/t7-,8-,9-/m1/s1. The van der Waals surface area contributed by atoms with Crippen molar-refractivity contribution < 1.29 is 9.47 Å². The number of hydrogen-bond donors (Lipinski definition) is 0. The molecule has 14 heavy (non-hydrogen) atoms. The van der Waals surface area contributed by atoms with E-state index in [-0.39, 0.29) is 11.7 Å². The van der Waals surface area contributed by atoms with Gasteiger partial charge in [-0.15, -0.1) is 0 Å². The average Bonchev–Trinajstić information content (AvgIpc) is 2.72. The largest absolute Gasteiger partial charge is 0.375 e. The Morgan fingerprint density at radius 1 is 1.64 bits per heavy atom. The van der Waals surface area contributed by atoms with Crippen molar-refractivity contribution >= 4 is 0 Å². The smallest absolute Gasteiger partial charge is 0.0944 e. The van der Waals surface area contributed by atoms with Crippen molar-refractivity contribution in [3.8, 4) is 0 Å². The van der Waals surface area contributed by atoms with Gasteiger partial charge in [-0.05, 0) is 25.3 Å². The number of nitrogens with zero attached hydrogens (tertiary/aromatic N) is 3. The van der Waals surface area contributed by atoms with Crippen LogP contribution in [0.15, 0.2) is 5.11 Å². The number of azide groups is 1. The van der Waals surface area contributed by atoms with E-state index < -0.39 is 0 Å². The van der Waals surface area contributed by atoms with E-state index in [1.165, 1.54) is 0 Å². The van der Waals surface area contributed by atoms with Crippen molar-refractivity contribution in [3.05, 3.63) is 10.4 Å². The molecule has 0 radical (unpaired) electrons. The van der Waals surface area contributed by atoms with Gasteiger partial charge in [0.2, 0.25) is 0 Å². The van der Waals surface area contributed by atoms with E-state index in [9.17, 15) is 0 Å². The summed E-state index contributed by atoms with van der Waals surface area (Å²) in [6, 6.07) is 0. The van der Waals surface area contributed by atoms with Crippen molar-refractivity contribution in [1.29, 1.82) is 0 Å². The summed E-state index contributed by atoms with van der Waals surface area (Å²) < 4.78 is 11.4. The molecule has 0 N–H and O–H groups in total. The van der Waals surface area contributed by atoms with Gasteiger partial charge in [-0.2, -0.15) is 0 Å². The second-order valence-electron chi connectivity index (χ2n) is 4.20. The van der Waals surface area contributed by atoms with Crippen LogP contribution in [0.1, 0.15) is 26.2 Å². The van der Waals surface area contributed by atoms with Gasteiger partial charge in [0.15, 0.2) is 0 Å². The van der Waals surface area contributed by atoms with Gasteiger partial charge in [0, 0.05) is 11.3 Å². The van der Waals surface area contributed by atoms with E-state index in [0.717, 1.165) is 19.3 Å². The minimum atomic E-state index is -0.0743. The zero-order valence-corrected chi connectivity index (χ0v) is 8.35. The predicted molar refractivity (Wildman–Crippen MR) is 50.9 cm³/mol. The highest BCUT2D eigenvalue weighted by molar-refractivity contribution is 4.94. The van der Waals surface area contributed by atoms with Crippen LogP contribution < -0.4 is 0 Å². The van der Waals surface area contributed by atoms with Gasteiger partial charge in [0.1, 0.15) is 0 Å². The molecule has 0 saturated carbocycles. The molecule has 78 valence electrons. The molecule has 5 nitrogen and oxygen atoms in total. The molecule has 0 aromatic rings. The van der Waals surface area contributed by atoms with E-state index >= 15 is 0 Å². The van der Waals surface area contributed by atoms with Crippen LogP contribution in [0.4, 0.5) is 0 Å². The summed E-state index contributed by atoms with van der Waals surface area (Å²) in [5.74, 6) is 0. The Hall–Kier alpha value is -0.770. The van der Waals surface area contributed by atoms with Crippen LogP contribution in [0.3, 0.4) is 0 Å². The van der Waals surface area contributed by atoms with Crippen LogP contribution in [0.5, 0.6) is 0 Å². The molecule has 2 saturated heterocycles. The van der Waals surface area contributed by atoms with Crippen molar-refractivity contribution in [3.63, 3.8) is 0 Å². The summed E-state index contributed by atoms with van der Waals surface area (Å²) in [5, 5.41) is 3.54. The van der Waals surface area contributed by atoms with Gasteiger partial charge < -0.3 is 9.47 Å². The maximum absolute atomic E-state index is 8.20. The summed E-state index contributed by atoms with van der Waals surface area (Å²) in [4.78, 5) is 2.74. The van der Waals surface area contributed by atoms with Gasteiger partial charge in [0.05, 0.1) is 31.0 Å². The third-order valence-corrected chi connectivity index (χ3v) is 2.98. The lowest BCUT2D eigenvalue weighted by molar-refractivity contribution is -0.0413. The van der Waals surface area contributed by atoms with Crippen LogP contribution in [-0.4, -0.2) is 31.0 Å². The first-order valence-electron chi connectivity index (χ1n) is 5.04. The molecule has 0 unspecified atom stereocenters. The van der Waals surface area contributed by atoms with E-state index in [1.54, 1.807) is 0 Å². The lowest BCUT2D eigenvalue weighted by Gasteiger charge is -2.21. The lowest BCUT2D eigenvalue weighted by atomic mass is 9.97. The van der Waals surface area contributed by atoms with Crippen LogP contribution in [0, 0.1) is 0 Å². The minimum absolute atomic E-state index is 0.0743. The van der Waals surface area contributed by atoms with Gasteiger partial charge >= 0.3 is 0 Å². The third-order valence-electron chi connectivity index (χ3n) is 2.98. The fourth-order valence-corrected chi connectivity index (χ4v) is 2.34. The Morgan fingerprint density at radius 3 is 3.14 bits per heavy atom. The first kappa shape index (κ1) is 9.77. The average molecular weight is 197 g/mol. The normalized spacial score (nSPS) is 41.5. The molecule has 0 amide bonds. The Balaban J connectivity index is 1.90. The predicted octanol–water partition coefficient (Wildman–Crippen LogP) is 2.02. The van der Waals surface area contributed by atoms with Crippen LogP contribution in [0.2, 0.25) is 0 Å². The fraction of sp³-hybridized carbons (Fsp3) is 1.00. The second-order valence-corrected chi connectivity index (χ2v) is 4.20. The maximum atomic E-state index is 8.20. The Morgan fingerprint density at radius 2 is 2.50 bits per heavy atom. The molecular weight excluding hydrogens is 182 g/mol. The van der Waals surface area contributed by atoms with Gasteiger partial charge in [0.25, 0.3) is 0 Å². The highest BCUT2D eigenvalue weighted by atomic mass is 16.6. The molecule has 2 aliphatic rings. The Bertz CT molecular complexity index is 265. The molecular formula is C9H15N3O2. The summed E-state index contributed by atoms with van der Waals surface area (Å²) in [5.41, 5.74) is 8.13. The van der Waals surface area contributed by atoms with Crippen LogP contribution >= 0.6 is 0 Å². The molecule has 0 aromatic carbocycles. The highest BCUT2D eigenvalue weighted by Crippen LogP contribution is 2.39. The van der Waals surface area contributed by atoms with Gasteiger partial charge in [-0.3, -0.25) is 0 Å². The highest BCUT2D eigenvalue weighted by Gasteiger charge is 2.45. The topological polar surface area (TPSA) is 67.2 Å². The Kier molecular flexibility index (Phi) is 2.63. The monoisotopic (exact) mass is 197 g/mol. The van der Waals surface area contributed by atoms with Crippen LogP contribution in [0.25, 0.3) is 10.4 Å². The van der Waals surface area contributed by atoms with E-state index in [0.29, 0.717) is 19.3 Å². The molecule has 2 heterocycles. The fourth-order valence-electron chi connectivity index (χ4n) is 2.34. The number of ether oxygens (including phenoxy) is 2. The zero-order valence-electron chi connectivity index (χ0n) is 8.35. The molecule has 5 heteroatoms. The number of rotatable bonds is 2. The number of hydrogen-bond acceptors (Lipinski definition) is 3. The summed E-state index contributed by atoms with van der Waals surface area (Å²) >= 11 is 0. The van der Waals surface area contributed by atoms with Crippen LogP contribution in [-0.2, 0) is 9.47 Å². The zero-order chi connectivity index (χ0) is 10.0. The SMILES string of the molecule is C[C@@H]1C[C@]2(CC[C@H](CN=[N+]=[N-])O2)CO1. The maximum Gasteiger partial charge on any atom is 0.0944 e. The summed E-state index contributed by atoms with van der Waals surface area (Å²) in [6.45, 7) is 3.21. The minimum Gasteiger partial charge on any atom is -0.375 e. The molecule has 2 aliphatic heterocycles. The van der Waals surface area contributed by atoms with Gasteiger partial charge in [-0.1, -0.05) is 5.11 Å². The molecule has 0 aromatic heterocycles. The van der Waals surface area contributed by atoms with Crippen molar-refractivity contribution in [2.45, 2.75) is 44.0 Å². The van der Waals surface area contributed by atoms with E-state index in [2.05, 4.69) is 16.9 Å². The summed E-state index contributed by atoms with van der Waals surface area (Å²) in [7, 11) is 0. The molecule has 2 fully saturated rings. The Labute approximate surface area is 83.0 Å². The molecule has 1 spiro atoms. The lowest BCUT2D eigenvalue weighted by Crippen LogP contribution is -2.30. The van der Waals surface area contributed by atoms with Crippen molar-refractivity contribution in [1.82, 2.24) is 0 Å². The van der Waals surface area contributed by atoms with Crippen molar-refractivity contribution in [2.75, 3.05) is 13.2 Å². The van der Waals surface area contributed by atoms with E-state index in [1.807, 2.05) is 0 Å². The van der Waals surface area contributed by atoms with Crippen molar-refractivity contribution in [2.24, 2.45) is 5.11 Å².